The second-order valence-corrected chi connectivity index (χ2v) is 3.74. The molecule has 1 aliphatic heterocycles. The third-order valence-corrected chi connectivity index (χ3v) is 2.74. The van der Waals surface area contributed by atoms with Gasteiger partial charge in [-0.05, 0) is 18.2 Å². The molecule has 0 amide bonds. The van der Waals surface area contributed by atoms with Gasteiger partial charge < -0.3 is 15.2 Å². The Kier molecular flexibility index (Phi) is 1.39. The van der Waals surface area contributed by atoms with E-state index < -0.39 is 0 Å². The molecule has 72 valence electrons. The van der Waals surface area contributed by atoms with Crippen molar-refractivity contribution >= 4 is 16.7 Å². The minimum atomic E-state index is -0.0684. The van der Waals surface area contributed by atoms with E-state index in [4.69, 9.17) is 10.3 Å². The summed E-state index contributed by atoms with van der Waals surface area (Å²) in [5, 5.41) is 5.05. The molecule has 0 saturated carbocycles. The molecule has 4 heteroatoms. The molecule has 1 aromatic carbocycles. The van der Waals surface area contributed by atoms with Crippen LogP contribution in [-0.4, -0.2) is 18.7 Å². The van der Waals surface area contributed by atoms with E-state index in [2.05, 4.69) is 16.1 Å². The van der Waals surface area contributed by atoms with Crippen LogP contribution in [0.3, 0.4) is 0 Å². The van der Waals surface area contributed by atoms with Gasteiger partial charge in [-0.15, -0.1) is 0 Å². The fourth-order valence-electron chi connectivity index (χ4n) is 1.94. The van der Waals surface area contributed by atoms with Gasteiger partial charge in [-0.2, -0.15) is 0 Å². The first-order chi connectivity index (χ1) is 6.75. The van der Waals surface area contributed by atoms with Gasteiger partial charge in [-0.3, -0.25) is 0 Å². The normalized spacial score (nSPS) is 20.4. The van der Waals surface area contributed by atoms with Crippen molar-refractivity contribution in [3.05, 3.63) is 23.9 Å². The van der Waals surface area contributed by atoms with Crippen molar-refractivity contribution in [2.24, 2.45) is 5.73 Å². The Morgan fingerprint density at radius 1 is 1.57 bits per heavy atom. The zero-order valence-corrected chi connectivity index (χ0v) is 7.90. The summed E-state index contributed by atoms with van der Waals surface area (Å²) >= 11 is 0. The molecular weight excluding hydrogens is 178 g/mol. The highest BCUT2D eigenvalue weighted by molar-refractivity contribution is 5.84. The van der Waals surface area contributed by atoms with E-state index in [-0.39, 0.29) is 6.04 Å². The predicted octanol–water partition coefficient (Wildman–Crippen LogP) is 1.28. The molecule has 2 bridgehead atoms. The summed E-state index contributed by atoms with van der Waals surface area (Å²) in [6.07, 6.45) is 0. The Labute approximate surface area is 81.3 Å². The number of rotatable bonds is 0. The number of hydrogen-bond donors (Lipinski definition) is 1. The predicted molar refractivity (Wildman–Crippen MR) is 54.2 cm³/mol. The molecule has 0 aliphatic carbocycles. The number of likely N-dealkylation sites (N-methyl/N-ethyl adjacent to an activating group) is 1. The van der Waals surface area contributed by atoms with E-state index in [9.17, 15) is 0 Å². The molecule has 2 N–H and O–H groups in total. The van der Waals surface area contributed by atoms with Crippen molar-refractivity contribution in [1.29, 1.82) is 0 Å². The second-order valence-electron chi connectivity index (χ2n) is 3.74. The first-order valence-electron chi connectivity index (χ1n) is 4.62. The second kappa shape index (κ2) is 2.48. The number of benzene rings is 1. The van der Waals surface area contributed by atoms with Crippen LogP contribution < -0.4 is 10.6 Å². The summed E-state index contributed by atoms with van der Waals surface area (Å²) in [4.78, 5) is 2.13. The third kappa shape index (κ3) is 0.886. The zero-order valence-electron chi connectivity index (χ0n) is 7.90. The lowest BCUT2D eigenvalue weighted by Crippen LogP contribution is -2.27. The Bertz CT molecular complexity index is 491. The fraction of sp³-hybridized carbons (Fsp3) is 0.300. The summed E-state index contributed by atoms with van der Waals surface area (Å²) in [6, 6.07) is 5.97. The Morgan fingerprint density at radius 2 is 2.43 bits per heavy atom. The van der Waals surface area contributed by atoms with Gasteiger partial charge in [-0.1, -0.05) is 5.16 Å². The molecular formula is C10H11N3O. The standard InChI is InChI=1S/C10H11N3O/c1-13-5-8(11)10-7-4-6(13)2-3-9(7)14-12-10/h2-4,8H,5,11H2,1H3. The molecule has 4 nitrogen and oxygen atoms in total. The molecule has 1 unspecified atom stereocenters. The van der Waals surface area contributed by atoms with E-state index in [1.807, 2.05) is 19.2 Å². The highest BCUT2D eigenvalue weighted by atomic mass is 16.5. The van der Waals surface area contributed by atoms with Crippen LogP contribution in [0, 0.1) is 0 Å². The monoisotopic (exact) mass is 189 g/mol. The van der Waals surface area contributed by atoms with Crippen molar-refractivity contribution < 1.29 is 4.52 Å². The molecule has 1 atom stereocenters. The molecule has 3 rings (SSSR count). The van der Waals surface area contributed by atoms with Gasteiger partial charge in [0, 0.05) is 24.7 Å². The maximum Gasteiger partial charge on any atom is 0.167 e. The van der Waals surface area contributed by atoms with Crippen molar-refractivity contribution in [1.82, 2.24) is 5.16 Å². The van der Waals surface area contributed by atoms with Gasteiger partial charge in [0.15, 0.2) is 5.58 Å². The summed E-state index contributed by atoms with van der Waals surface area (Å²) in [5.74, 6) is 0. The highest BCUT2D eigenvalue weighted by Crippen LogP contribution is 2.30. The first-order valence-corrected chi connectivity index (χ1v) is 4.62. The van der Waals surface area contributed by atoms with E-state index in [0.29, 0.717) is 0 Å². The van der Waals surface area contributed by atoms with Gasteiger partial charge in [0.25, 0.3) is 0 Å². The van der Waals surface area contributed by atoms with E-state index >= 15 is 0 Å². The summed E-state index contributed by atoms with van der Waals surface area (Å²) in [6.45, 7) is 0.773. The zero-order chi connectivity index (χ0) is 9.71. The van der Waals surface area contributed by atoms with Crippen LogP contribution in [0.15, 0.2) is 22.7 Å². The number of nitrogens with two attached hydrogens (primary N) is 1. The first kappa shape index (κ1) is 7.82. The average Bonchev–Trinajstić information content (AvgIpc) is 2.56. The van der Waals surface area contributed by atoms with Crippen LogP contribution in [0.4, 0.5) is 5.69 Å². The van der Waals surface area contributed by atoms with Gasteiger partial charge in [-0.25, -0.2) is 0 Å². The van der Waals surface area contributed by atoms with Crippen LogP contribution in [-0.2, 0) is 0 Å². The minimum Gasteiger partial charge on any atom is -0.373 e. The number of nitrogens with zero attached hydrogens (tertiary/aromatic N) is 2. The lowest BCUT2D eigenvalue weighted by molar-refractivity contribution is 0.437. The minimum absolute atomic E-state index is 0.0684. The molecule has 2 aromatic rings. The Balaban J connectivity index is 2.37. The molecule has 14 heavy (non-hydrogen) atoms. The van der Waals surface area contributed by atoms with Crippen molar-refractivity contribution in [2.45, 2.75) is 6.04 Å². The molecule has 1 aromatic heterocycles. The number of aromatic nitrogens is 1. The van der Waals surface area contributed by atoms with Crippen molar-refractivity contribution in [2.75, 3.05) is 18.5 Å². The van der Waals surface area contributed by atoms with E-state index in [0.717, 1.165) is 28.9 Å². The Morgan fingerprint density at radius 3 is 3.29 bits per heavy atom. The molecule has 0 fully saturated rings. The number of fused-ring (bicyclic) bond motifs is 1. The highest BCUT2D eigenvalue weighted by Gasteiger charge is 2.21. The molecule has 0 radical (unpaired) electrons. The van der Waals surface area contributed by atoms with E-state index in [1.165, 1.54) is 0 Å². The quantitative estimate of drug-likeness (QED) is 0.678. The smallest absolute Gasteiger partial charge is 0.167 e. The summed E-state index contributed by atoms with van der Waals surface area (Å²) in [7, 11) is 2.03. The molecule has 0 saturated heterocycles. The van der Waals surface area contributed by atoms with Gasteiger partial charge >= 0.3 is 0 Å². The fourth-order valence-corrected chi connectivity index (χ4v) is 1.94. The van der Waals surface area contributed by atoms with Crippen LogP contribution >= 0.6 is 0 Å². The van der Waals surface area contributed by atoms with Gasteiger partial charge in [0.1, 0.15) is 5.69 Å². The SMILES string of the molecule is CN1CC(N)c2noc3ccc1cc23. The summed E-state index contributed by atoms with van der Waals surface area (Å²) < 4.78 is 5.19. The van der Waals surface area contributed by atoms with Crippen LogP contribution in [0.5, 0.6) is 0 Å². The summed E-state index contributed by atoms with van der Waals surface area (Å²) in [5.41, 5.74) is 8.86. The average molecular weight is 189 g/mol. The largest absolute Gasteiger partial charge is 0.373 e. The maximum absolute atomic E-state index is 6.01. The van der Waals surface area contributed by atoms with Crippen LogP contribution in [0.25, 0.3) is 11.0 Å². The van der Waals surface area contributed by atoms with Gasteiger partial charge in [0.2, 0.25) is 0 Å². The van der Waals surface area contributed by atoms with E-state index in [1.54, 1.807) is 0 Å². The lowest BCUT2D eigenvalue weighted by atomic mass is 10.1. The maximum atomic E-state index is 6.01. The van der Waals surface area contributed by atoms with Crippen molar-refractivity contribution in [3.8, 4) is 0 Å². The molecule has 2 heterocycles. The van der Waals surface area contributed by atoms with Crippen molar-refractivity contribution in [3.63, 3.8) is 0 Å². The topological polar surface area (TPSA) is 55.3 Å². The molecule has 0 spiro atoms. The third-order valence-electron chi connectivity index (χ3n) is 2.74. The van der Waals surface area contributed by atoms with Crippen LogP contribution in [0.2, 0.25) is 0 Å². The van der Waals surface area contributed by atoms with Gasteiger partial charge in [0.05, 0.1) is 6.04 Å². The number of hydrogen-bond acceptors (Lipinski definition) is 4. The van der Waals surface area contributed by atoms with Crippen LogP contribution in [0.1, 0.15) is 11.7 Å². The lowest BCUT2D eigenvalue weighted by Gasteiger charge is -2.19. The number of anilines is 1. The molecule has 1 aliphatic rings. The Hall–Kier alpha value is -1.55.